The molecule has 0 radical (unpaired) electrons. The van der Waals surface area contributed by atoms with Gasteiger partial charge in [0.05, 0.1) is 0 Å². The molecule has 1 aliphatic rings. The van der Waals surface area contributed by atoms with Crippen molar-refractivity contribution in [3.05, 3.63) is 101 Å². The molecule has 2 aromatic heterocycles. The van der Waals surface area contributed by atoms with Crippen LogP contribution in [0.1, 0.15) is 52.8 Å². The van der Waals surface area contributed by atoms with Crippen molar-refractivity contribution in [1.29, 1.82) is 0 Å². The van der Waals surface area contributed by atoms with Crippen molar-refractivity contribution in [2.45, 2.75) is 45.2 Å². The largest absolute Gasteiger partial charge is 0.367 e. The number of aromatic nitrogens is 2. The molecule has 35 heavy (non-hydrogen) atoms. The third-order valence-corrected chi connectivity index (χ3v) is 7.22. The lowest BCUT2D eigenvalue weighted by molar-refractivity contribution is -0.124. The molecule has 1 amide bonds. The molecule has 1 atom stereocenters. The molecule has 5 rings (SSSR count). The van der Waals surface area contributed by atoms with Crippen LogP contribution in [0.5, 0.6) is 0 Å². The fourth-order valence-electron chi connectivity index (χ4n) is 5.38. The van der Waals surface area contributed by atoms with Crippen LogP contribution in [-0.4, -0.2) is 32.5 Å². The number of H-pyrrole nitrogens is 2. The van der Waals surface area contributed by atoms with Gasteiger partial charge >= 0.3 is 0 Å². The molecule has 4 N–H and O–H groups in total. The molecule has 0 bridgehead atoms. The molecule has 180 valence electrons. The summed E-state index contributed by atoms with van der Waals surface area (Å²) in [6.45, 7) is 4.09. The lowest BCUT2D eigenvalue weighted by Crippen LogP contribution is -2.29. The van der Waals surface area contributed by atoms with Crippen LogP contribution < -0.4 is 5.48 Å². The van der Waals surface area contributed by atoms with Gasteiger partial charge in [0.1, 0.15) is 0 Å². The molecule has 2 aromatic carbocycles. The van der Waals surface area contributed by atoms with Gasteiger partial charge in [-0.3, -0.25) is 14.9 Å². The number of aromatic amines is 2. The molecule has 6 nitrogen and oxygen atoms in total. The Morgan fingerprint density at radius 2 is 2.00 bits per heavy atom. The van der Waals surface area contributed by atoms with Crippen LogP contribution in [0.25, 0.3) is 17.0 Å². The maximum atomic E-state index is 11.4. The Kier molecular flexibility index (Phi) is 6.84. The van der Waals surface area contributed by atoms with E-state index in [2.05, 4.69) is 82.8 Å². The molecule has 1 unspecified atom stereocenters. The molecule has 1 aliphatic carbocycles. The van der Waals surface area contributed by atoms with Crippen LogP contribution in [0.3, 0.4) is 0 Å². The molecule has 0 fully saturated rings. The summed E-state index contributed by atoms with van der Waals surface area (Å²) in [5.74, 6) is -0.523. The number of para-hydroxylation sites is 1. The first kappa shape index (κ1) is 23.1. The van der Waals surface area contributed by atoms with Crippen LogP contribution in [0, 0.1) is 0 Å². The molecule has 0 saturated heterocycles. The second kappa shape index (κ2) is 10.3. The van der Waals surface area contributed by atoms with Gasteiger partial charge in [-0.25, -0.2) is 5.48 Å². The van der Waals surface area contributed by atoms with Crippen molar-refractivity contribution in [2.75, 3.05) is 6.54 Å². The predicted molar refractivity (Wildman–Crippen MR) is 139 cm³/mol. The third-order valence-electron chi connectivity index (χ3n) is 7.22. The summed E-state index contributed by atoms with van der Waals surface area (Å²) in [5, 5.41) is 10.0. The summed E-state index contributed by atoms with van der Waals surface area (Å²) in [6.07, 6.45) is 13.6. The molecule has 0 saturated carbocycles. The van der Waals surface area contributed by atoms with Crippen molar-refractivity contribution in [2.24, 2.45) is 0 Å². The first-order valence-corrected chi connectivity index (χ1v) is 12.3. The Morgan fingerprint density at radius 3 is 2.86 bits per heavy atom. The summed E-state index contributed by atoms with van der Waals surface area (Å²) < 4.78 is 0. The summed E-state index contributed by atoms with van der Waals surface area (Å²) in [4.78, 5) is 20.7. The van der Waals surface area contributed by atoms with Crippen LogP contribution in [0.4, 0.5) is 0 Å². The van der Waals surface area contributed by atoms with Gasteiger partial charge in [0.15, 0.2) is 0 Å². The van der Waals surface area contributed by atoms with E-state index < -0.39 is 5.91 Å². The number of hydrogen-bond acceptors (Lipinski definition) is 3. The molecule has 0 spiro atoms. The summed E-state index contributed by atoms with van der Waals surface area (Å²) in [5.41, 5.74) is 10.6. The van der Waals surface area contributed by atoms with Crippen molar-refractivity contribution in [3.8, 4) is 0 Å². The van der Waals surface area contributed by atoms with Crippen LogP contribution in [0.2, 0.25) is 0 Å². The summed E-state index contributed by atoms with van der Waals surface area (Å²) in [7, 11) is 0. The quantitative estimate of drug-likeness (QED) is 0.153. The standard InChI is InChI=1S/C29H32N4O2/c1-2-21-16-30-17-24(21)19-33(14-13-23-18-31-27-6-4-3-5-25(23)27)28-11-9-22-15-20(7-10-26(22)28)8-12-29(34)32-35/h3-8,10,12,15-18,28,30-31,35H,2,9,11,13-14,19H2,1H3,(H,32,34)/b12-8+. The number of carbonyl (C=O) groups is 1. The number of rotatable bonds is 9. The van der Waals surface area contributed by atoms with Gasteiger partial charge in [-0.15, -0.1) is 0 Å². The van der Waals surface area contributed by atoms with Crippen molar-refractivity contribution in [3.63, 3.8) is 0 Å². The normalized spacial score (nSPS) is 15.3. The number of hydrogen-bond donors (Lipinski definition) is 4. The van der Waals surface area contributed by atoms with Crippen LogP contribution >= 0.6 is 0 Å². The fourth-order valence-corrected chi connectivity index (χ4v) is 5.38. The number of nitrogens with one attached hydrogen (secondary N) is 3. The minimum Gasteiger partial charge on any atom is -0.367 e. The Hall–Kier alpha value is -3.61. The van der Waals surface area contributed by atoms with E-state index in [9.17, 15) is 4.79 Å². The Labute approximate surface area is 205 Å². The highest BCUT2D eigenvalue weighted by atomic mass is 16.5. The van der Waals surface area contributed by atoms with Gasteiger partial charge in [0, 0.05) is 54.7 Å². The Bertz CT molecular complexity index is 1350. The summed E-state index contributed by atoms with van der Waals surface area (Å²) >= 11 is 0. The lowest BCUT2D eigenvalue weighted by Gasteiger charge is -2.30. The fraction of sp³-hybridized carbons (Fsp3) is 0.276. The van der Waals surface area contributed by atoms with E-state index in [1.54, 1.807) is 11.6 Å². The zero-order valence-electron chi connectivity index (χ0n) is 20.1. The monoisotopic (exact) mass is 468 g/mol. The number of hydroxylamine groups is 1. The number of fused-ring (bicyclic) bond motifs is 2. The van der Waals surface area contributed by atoms with E-state index in [1.165, 1.54) is 44.8 Å². The number of benzene rings is 2. The second-order valence-electron chi connectivity index (χ2n) is 9.26. The smallest absolute Gasteiger partial charge is 0.267 e. The van der Waals surface area contributed by atoms with E-state index in [0.29, 0.717) is 6.04 Å². The highest BCUT2D eigenvalue weighted by molar-refractivity contribution is 5.90. The predicted octanol–water partition coefficient (Wildman–Crippen LogP) is 5.31. The van der Waals surface area contributed by atoms with E-state index >= 15 is 0 Å². The van der Waals surface area contributed by atoms with E-state index in [4.69, 9.17) is 5.21 Å². The summed E-state index contributed by atoms with van der Waals surface area (Å²) in [6, 6.07) is 15.3. The molecule has 6 heteroatoms. The topological polar surface area (TPSA) is 84.2 Å². The van der Waals surface area contributed by atoms with Gasteiger partial charge in [-0.05, 0) is 71.2 Å². The maximum absolute atomic E-state index is 11.4. The molecule has 2 heterocycles. The SMILES string of the molecule is CCc1c[nH]cc1CN(CCc1c[nH]c2ccccc12)C1CCc2cc(/C=C/C(=O)NO)ccc21. The third kappa shape index (κ3) is 4.94. The lowest BCUT2D eigenvalue weighted by atomic mass is 10.0. The first-order valence-electron chi connectivity index (χ1n) is 12.3. The van der Waals surface area contributed by atoms with Crippen molar-refractivity contribution in [1.82, 2.24) is 20.3 Å². The number of nitrogens with zero attached hydrogens (tertiary/aromatic N) is 1. The van der Waals surface area contributed by atoms with Crippen LogP contribution in [0.15, 0.2) is 67.1 Å². The number of aryl methyl sites for hydroxylation is 2. The first-order chi connectivity index (χ1) is 17.2. The molecule has 0 aliphatic heterocycles. The Morgan fingerprint density at radius 1 is 1.14 bits per heavy atom. The Balaban J connectivity index is 1.40. The highest BCUT2D eigenvalue weighted by Crippen LogP contribution is 2.38. The zero-order chi connectivity index (χ0) is 24.2. The minimum absolute atomic E-state index is 0.355. The number of amides is 1. The number of carbonyl (C=O) groups excluding carboxylic acids is 1. The van der Waals surface area contributed by atoms with Crippen molar-refractivity contribution >= 4 is 22.9 Å². The second-order valence-corrected chi connectivity index (χ2v) is 9.26. The van der Waals surface area contributed by atoms with E-state index in [-0.39, 0.29) is 0 Å². The van der Waals surface area contributed by atoms with Gasteiger partial charge in [0.2, 0.25) is 0 Å². The van der Waals surface area contributed by atoms with Gasteiger partial charge in [0.25, 0.3) is 5.91 Å². The van der Waals surface area contributed by atoms with Gasteiger partial charge in [-0.2, -0.15) is 0 Å². The van der Waals surface area contributed by atoms with Crippen LogP contribution in [-0.2, 0) is 30.6 Å². The maximum Gasteiger partial charge on any atom is 0.267 e. The highest BCUT2D eigenvalue weighted by Gasteiger charge is 2.28. The minimum atomic E-state index is -0.523. The van der Waals surface area contributed by atoms with Gasteiger partial charge in [-0.1, -0.05) is 43.3 Å². The zero-order valence-corrected chi connectivity index (χ0v) is 20.1. The van der Waals surface area contributed by atoms with Crippen molar-refractivity contribution < 1.29 is 10.0 Å². The molecule has 4 aromatic rings. The van der Waals surface area contributed by atoms with E-state index in [1.807, 2.05) is 0 Å². The van der Waals surface area contributed by atoms with Gasteiger partial charge < -0.3 is 9.97 Å². The molecular weight excluding hydrogens is 436 g/mol. The van der Waals surface area contributed by atoms with E-state index in [0.717, 1.165) is 44.3 Å². The average Bonchev–Trinajstić information content (AvgIpc) is 3.63. The average molecular weight is 469 g/mol. The molecular formula is C29H32N4O2.